The number of rotatable bonds is 2. The second-order valence-electron chi connectivity index (χ2n) is 4.05. The summed E-state index contributed by atoms with van der Waals surface area (Å²) in [7, 11) is 1.47. The third kappa shape index (κ3) is 1.62. The van der Waals surface area contributed by atoms with E-state index in [2.05, 4.69) is 10.5 Å². The highest BCUT2D eigenvalue weighted by atomic mass is 16.7. The lowest BCUT2D eigenvalue weighted by atomic mass is 10.0. The van der Waals surface area contributed by atoms with E-state index < -0.39 is 5.91 Å². The largest absolute Gasteiger partial charge is 0.494 e. The molecule has 102 valence electrons. The molecular weight excluding hydrogens is 264 g/mol. The lowest BCUT2D eigenvalue weighted by Gasteiger charge is -2.19. The van der Waals surface area contributed by atoms with E-state index in [9.17, 15) is 9.59 Å². The van der Waals surface area contributed by atoms with Crippen molar-refractivity contribution in [2.45, 2.75) is 0 Å². The molecule has 0 aliphatic carbocycles. The van der Waals surface area contributed by atoms with E-state index in [1.807, 2.05) is 5.43 Å². The number of hydroxylamine groups is 1. The number of nitrogens with one attached hydrogen (secondary N) is 2. The first-order valence-electron chi connectivity index (χ1n) is 5.65. The van der Waals surface area contributed by atoms with Crippen molar-refractivity contribution in [3.05, 3.63) is 29.5 Å². The first kappa shape index (κ1) is 12.2. The van der Waals surface area contributed by atoms with Crippen LogP contribution in [0, 0.1) is 0 Å². The van der Waals surface area contributed by atoms with Crippen LogP contribution in [0.1, 0.15) is 20.8 Å². The molecule has 1 aromatic heterocycles. The summed E-state index contributed by atoms with van der Waals surface area (Å²) in [4.78, 5) is 32.7. The van der Waals surface area contributed by atoms with Gasteiger partial charge in [-0.15, -0.1) is 0 Å². The molecule has 0 atom stereocenters. The molecule has 0 saturated heterocycles. The average Bonchev–Trinajstić information content (AvgIpc) is 2.49. The molecule has 0 fully saturated rings. The number of hydrogen-bond acceptors (Lipinski definition) is 6. The highest BCUT2D eigenvalue weighted by molar-refractivity contribution is 6.12. The molecule has 0 unspecified atom stereocenters. The van der Waals surface area contributed by atoms with Crippen LogP contribution in [0.15, 0.2) is 18.2 Å². The Hall–Kier alpha value is -2.87. The van der Waals surface area contributed by atoms with Gasteiger partial charge in [0.05, 0.1) is 18.1 Å². The molecule has 20 heavy (non-hydrogen) atoms. The number of aromatic nitrogens is 1. The normalized spacial score (nSPS) is 12.6. The summed E-state index contributed by atoms with van der Waals surface area (Å²) < 4.78 is 5.20. The fourth-order valence-electron chi connectivity index (χ4n) is 2.06. The van der Waals surface area contributed by atoms with Gasteiger partial charge in [-0.05, 0) is 12.1 Å². The molecule has 0 bridgehead atoms. The smallest absolute Gasteiger partial charge is 0.284 e. The van der Waals surface area contributed by atoms with Crippen LogP contribution in [0.4, 0.5) is 0 Å². The molecule has 4 N–H and O–H groups in total. The van der Waals surface area contributed by atoms with Crippen molar-refractivity contribution >= 4 is 22.7 Å². The van der Waals surface area contributed by atoms with Gasteiger partial charge in [0.1, 0.15) is 17.0 Å². The molecule has 8 heteroatoms. The van der Waals surface area contributed by atoms with Gasteiger partial charge in [0, 0.05) is 6.07 Å². The minimum absolute atomic E-state index is 0.0570. The van der Waals surface area contributed by atoms with Crippen molar-refractivity contribution in [1.82, 2.24) is 15.9 Å². The molecular formula is C12H10N4O4. The minimum atomic E-state index is -0.573. The van der Waals surface area contributed by atoms with Crippen LogP contribution in [0.5, 0.6) is 11.5 Å². The van der Waals surface area contributed by atoms with Gasteiger partial charge < -0.3 is 9.57 Å². The van der Waals surface area contributed by atoms with Crippen LogP contribution < -0.4 is 26.3 Å². The molecule has 1 aromatic carbocycles. The van der Waals surface area contributed by atoms with Crippen molar-refractivity contribution in [3.63, 3.8) is 0 Å². The van der Waals surface area contributed by atoms with E-state index >= 15 is 0 Å². The van der Waals surface area contributed by atoms with Crippen molar-refractivity contribution in [3.8, 4) is 11.5 Å². The molecule has 2 amide bonds. The van der Waals surface area contributed by atoms with Gasteiger partial charge in [-0.25, -0.2) is 10.8 Å². The molecule has 1 aliphatic heterocycles. The number of amides is 2. The zero-order valence-electron chi connectivity index (χ0n) is 10.4. The maximum absolute atomic E-state index is 11.7. The number of carbonyl (C=O) groups is 2. The van der Waals surface area contributed by atoms with Crippen LogP contribution >= 0.6 is 0 Å². The van der Waals surface area contributed by atoms with E-state index in [1.165, 1.54) is 13.2 Å². The summed E-state index contributed by atoms with van der Waals surface area (Å²) in [5, 5.41) is 0.488. The highest BCUT2D eigenvalue weighted by Gasteiger charge is 2.25. The van der Waals surface area contributed by atoms with Crippen LogP contribution in [-0.2, 0) is 0 Å². The highest BCUT2D eigenvalue weighted by Crippen LogP contribution is 2.36. The van der Waals surface area contributed by atoms with E-state index in [-0.39, 0.29) is 11.6 Å². The molecule has 3 rings (SSSR count). The van der Waals surface area contributed by atoms with Gasteiger partial charge in [0.25, 0.3) is 11.8 Å². The van der Waals surface area contributed by atoms with Gasteiger partial charge >= 0.3 is 0 Å². The van der Waals surface area contributed by atoms with Crippen LogP contribution in [-0.4, -0.2) is 23.9 Å². The second-order valence-corrected chi connectivity index (χ2v) is 4.05. The van der Waals surface area contributed by atoms with Crippen molar-refractivity contribution in [2.24, 2.45) is 5.84 Å². The quantitative estimate of drug-likeness (QED) is 0.399. The van der Waals surface area contributed by atoms with Gasteiger partial charge in [-0.1, -0.05) is 0 Å². The Morgan fingerprint density at radius 1 is 1.50 bits per heavy atom. The molecule has 0 spiro atoms. The zero-order chi connectivity index (χ0) is 14.3. The maximum Gasteiger partial charge on any atom is 0.284 e. The monoisotopic (exact) mass is 274 g/mol. The topological polar surface area (TPSA) is 116 Å². The first-order chi connectivity index (χ1) is 9.65. The lowest BCUT2D eigenvalue weighted by molar-refractivity contribution is 0.0748. The van der Waals surface area contributed by atoms with Crippen molar-refractivity contribution < 1.29 is 19.2 Å². The predicted octanol–water partition coefficient (Wildman–Crippen LogP) is -0.116. The van der Waals surface area contributed by atoms with Crippen LogP contribution in [0.3, 0.4) is 0 Å². The van der Waals surface area contributed by atoms with E-state index in [0.29, 0.717) is 28.0 Å². The fourth-order valence-corrected chi connectivity index (χ4v) is 2.06. The number of hydrazine groups is 1. The zero-order valence-corrected chi connectivity index (χ0v) is 10.4. The van der Waals surface area contributed by atoms with Crippen LogP contribution in [0.2, 0.25) is 0 Å². The molecule has 8 nitrogen and oxygen atoms in total. The average molecular weight is 274 g/mol. The SMILES string of the molecule is COc1ccc2c3c(cc(C(=O)NN)nc13)ONC2=O. The van der Waals surface area contributed by atoms with E-state index in [0.717, 1.165) is 0 Å². The number of nitrogens with two attached hydrogens (primary N) is 1. The van der Waals surface area contributed by atoms with Gasteiger partial charge in [-0.3, -0.25) is 15.0 Å². The summed E-state index contributed by atoms with van der Waals surface area (Å²) >= 11 is 0. The third-order valence-corrected chi connectivity index (χ3v) is 2.97. The molecule has 2 aromatic rings. The van der Waals surface area contributed by atoms with E-state index in [4.69, 9.17) is 15.4 Å². The van der Waals surface area contributed by atoms with E-state index in [1.54, 1.807) is 12.1 Å². The van der Waals surface area contributed by atoms with Gasteiger partial charge in [0.2, 0.25) is 0 Å². The summed E-state index contributed by atoms with van der Waals surface area (Å²) in [6.45, 7) is 0. The van der Waals surface area contributed by atoms with Crippen LogP contribution in [0.25, 0.3) is 10.9 Å². The summed E-state index contributed by atoms with van der Waals surface area (Å²) in [5.41, 5.74) is 5.05. The number of nitrogen functional groups attached to an aromatic ring is 1. The maximum atomic E-state index is 11.7. The molecule has 1 aliphatic rings. The third-order valence-electron chi connectivity index (χ3n) is 2.97. The number of methoxy groups -OCH3 is 1. The van der Waals surface area contributed by atoms with Crippen molar-refractivity contribution in [1.29, 1.82) is 0 Å². The summed E-state index contributed by atoms with van der Waals surface area (Å²) in [6, 6.07) is 4.60. The second kappa shape index (κ2) is 4.35. The first-order valence-corrected chi connectivity index (χ1v) is 5.65. The fraction of sp³-hybridized carbons (Fsp3) is 0.0833. The molecule has 0 radical (unpaired) electrons. The Morgan fingerprint density at radius 2 is 2.30 bits per heavy atom. The molecule has 0 saturated carbocycles. The Kier molecular flexibility index (Phi) is 2.65. The Morgan fingerprint density at radius 3 is 3.00 bits per heavy atom. The number of carbonyl (C=O) groups excluding carboxylic acids is 2. The standard InChI is InChI=1S/C12H10N4O4/c1-19-7-3-2-5-9-8(20-16-11(5)17)4-6(12(18)15-13)14-10(7)9/h2-4H,13H2,1H3,(H,15,18)(H,16,17). The Bertz CT molecular complexity index is 744. The summed E-state index contributed by atoms with van der Waals surface area (Å²) in [5.74, 6) is 4.87. The number of benzene rings is 1. The van der Waals surface area contributed by atoms with Gasteiger partial charge in [-0.2, -0.15) is 5.48 Å². The summed E-state index contributed by atoms with van der Waals surface area (Å²) in [6.07, 6.45) is 0. The predicted molar refractivity (Wildman–Crippen MR) is 68.0 cm³/mol. The Balaban J connectivity index is 2.38. The Labute approximate surface area is 112 Å². The molecule has 2 heterocycles. The van der Waals surface area contributed by atoms with Gasteiger partial charge in [0.15, 0.2) is 5.75 Å². The number of pyridine rings is 1. The lowest BCUT2D eigenvalue weighted by Crippen LogP contribution is -2.33. The number of nitrogens with zero attached hydrogens (tertiary/aromatic N) is 1. The number of ether oxygens (including phenoxy) is 1. The number of hydrogen-bond donors (Lipinski definition) is 3. The van der Waals surface area contributed by atoms with Crippen molar-refractivity contribution in [2.75, 3.05) is 7.11 Å². The minimum Gasteiger partial charge on any atom is -0.494 e.